The molecule has 0 radical (unpaired) electrons. The molecule has 0 aliphatic heterocycles. The van der Waals surface area contributed by atoms with Gasteiger partial charge >= 0.3 is 0 Å². The Bertz CT molecular complexity index is 3160. The van der Waals surface area contributed by atoms with E-state index in [1.807, 2.05) is 36.4 Å². The highest BCUT2D eigenvalue weighted by atomic mass is 32.2. The summed E-state index contributed by atoms with van der Waals surface area (Å²) in [6, 6.07) is 69.0. The van der Waals surface area contributed by atoms with Gasteiger partial charge in [0, 0.05) is 19.6 Å². The molecule has 0 aromatic heterocycles. The van der Waals surface area contributed by atoms with Gasteiger partial charge in [-0.2, -0.15) is 0 Å². The molecule has 4 aliphatic rings. The maximum Gasteiger partial charge on any atom is 0.0849 e. The molecule has 0 N–H and O–H groups in total. The van der Waals surface area contributed by atoms with Crippen LogP contribution in [0.5, 0.6) is 0 Å². The Hall–Kier alpha value is -6.72. The lowest BCUT2D eigenvalue weighted by atomic mass is 9.70. The quantitative estimate of drug-likeness (QED) is 0.177. The van der Waals surface area contributed by atoms with Gasteiger partial charge in [-0.3, -0.25) is 0 Å². The number of hydrogen-bond acceptors (Lipinski definition) is 2. The van der Waals surface area contributed by atoms with Crippen LogP contribution in [0.25, 0.3) is 44.5 Å². The van der Waals surface area contributed by atoms with Gasteiger partial charge in [0.15, 0.2) is 0 Å². The first-order valence-corrected chi connectivity index (χ1v) is 23.5. The average molecular weight is 831 g/mol. The monoisotopic (exact) mass is 830 g/mol. The van der Waals surface area contributed by atoms with Crippen LogP contribution in [0.15, 0.2) is 214 Å². The molecule has 2 unspecified atom stereocenters. The lowest BCUT2D eigenvalue weighted by molar-refractivity contribution is 0.680. The van der Waals surface area contributed by atoms with Crippen molar-refractivity contribution in [2.24, 2.45) is 0 Å². The average Bonchev–Trinajstić information content (AvgIpc) is 3.99. The number of hydrogen-bond donors (Lipinski definition) is 0. The Labute approximate surface area is 366 Å². The van der Waals surface area contributed by atoms with Crippen molar-refractivity contribution >= 4 is 21.6 Å². The molecule has 9 aromatic carbocycles. The van der Waals surface area contributed by atoms with Gasteiger partial charge in [-0.15, -0.1) is 0 Å². The van der Waals surface area contributed by atoms with Gasteiger partial charge in [-0.05, 0) is 151 Å². The summed E-state index contributed by atoms with van der Waals surface area (Å²) >= 11 is 0. The molecule has 4 aliphatic carbocycles. The molecule has 13 rings (SSSR count). The van der Waals surface area contributed by atoms with E-state index in [0.29, 0.717) is 9.79 Å². The Kier molecular flexibility index (Phi) is 7.49. The van der Waals surface area contributed by atoms with Crippen molar-refractivity contribution in [2.45, 2.75) is 44.3 Å². The van der Waals surface area contributed by atoms with E-state index < -0.39 is 32.4 Å². The number of fused-ring (bicyclic) bond motifs is 20. The zero-order chi connectivity index (χ0) is 41.5. The summed E-state index contributed by atoms with van der Waals surface area (Å²) < 4.78 is 29.3. The van der Waals surface area contributed by atoms with Crippen molar-refractivity contribution in [1.82, 2.24) is 0 Å². The second kappa shape index (κ2) is 12.9. The highest BCUT2D eigenvalue weighted by Gasteiger charge is 2.53. The maximum atomic E-state index is 14.7. The van der Waals surface area contributed by atoms with Crippen molar-refractivity contribution in [1.29, 1.82) is 0 Å². The minimum Gasteiger partial charge on any atom is -0.249 e. The number of rotatable bonds is 4. The van der Waals surface area contributed by atoms with Crippen LogP contribution in [0, 0.1) is 13.8 Å². The normalized spacial score (nSPS) is 15.5. The second-order valence-electron chi connectivity index (χ2n) is 17.2. The summed E-state index contributed by atoms with van der Waals surface area (Å²) in [5.41, 5.74) is 21.1. The molecule has 62 heavy (non-hydrogen) atoms. The van der Waals surface area contributed by atoms with E-state index in [1.165, 1.54) is 100 Å². The number of aryl methyl sites for hydroxylation is 2. The first kappa shape index (κ1) is 36.0. The van der Waals surface area contributed by atoms with Crippen LogP contribution in [0.2, 0.25) is 0 Å². The first-order valence-electron chi connectivity index (χ1n) is 21.2. The molecule has 2 atom stereocenters. The van der Waals surface area contributed by atoms with Gasteiger partial charge in [0.1, 0.15) is 0 Å². The van der Waals surface area contributed by atoms with Crippen LogP contribution in [-0.2, 0) is 32.4 Å². The molecule has 2 spiro atoms. The SMILES string of the molecule is Cc1ccc2c(c1)C1(c3ccccc3-c3ccccc31)c1cc(S(=O)c3ccc(S(=O)c4ccc5c(c4)C4(c6ccccc6-c6ccccc64)c4cc(C)ccc4-5)cc3)ccc1-2. The molecule has 0 saturated carbocycles. The fraction of sp³-hybridized carbons (Fsp3) is 0.0690. The minimum atomic E-state index is -1.48. The third kappa shape index (κ3) is 4.53. The Morgan fingerprint density at radius 3 is 0.871 bits per heavy atom. The van der Waals surface area contributed by atoms with E-state index in [1.54, 1.807) is 0 Å². The van der Waals surface area contributed by atoms with Gasteiger partial charge in [-0.25, -0.2) is 8.42 Å². The van der Waals surface area contributed by atoms with Gasteiger partial charge in [0.25, 0.3) is 0 Å². The molecule has 9 aromatic rings. The third-order valence-electron chi connectivity index (χ3n) is 14.1. The smallest absolute Gasteiger partial charge is 0.0849 e. The second-order valence-corrected chi connectivity index (χ2v) is 20.2. The lowest BCUT2D eigenvalue weighted by Gasteiger charge is -2.31. The highest BCUT2D eigenvalue weighted by Crippen LogP contribution is 2.64. The van der Waals surface area contributed by atoms with Crippen LogP contribution in [0.4, 0.5) is 0 Å². The van der Waals surface area contributed by atoms with E-state index >= 15 is 0 Å². The minimum absolute atomic E-state index is 0.512. The van der Waals surface area contributed by atoms with E-state index in [4.69, 9.17) is 0 Å². The fourth-order valence-corrected chi connectivity index (χ4v) is 13.8. The summed E-state index contributed by atoms with van der Waals surface area (Å²) in [6.07, 6.45) is 0. The van der Waals surface area contributed by atoms with Crippen LogP contribution in [0.1, 0.15) is 55.6 Å². The van der Waals surface area contributed by atoms with Gasteiger partial charge < -0.3 is 0 Å². The van der Waals surface area contributed by atoms with Crippen LogP contribution >= 0.6 is 0 Å². The van der Waals surface area contributed by atoms with E-state index in [2.05, 4.69) is 172 Å². The molecule has 4 heteroatoms. The zero-order valence-corrected chi connectivity index (χ0v) is 35.7. The van der Waals surface area contributed by atoms with Crippen molar-refractivity contribution in [3.63, 3.8) is 0 Å². The molecule has 0 amide bonds. The lowest BCUT2D eigenvalue weighted by Crippen LogP contribution is -2.26. The van der Waals surface area contributed by atoms with Crippen molar-refractivity contribution in [2.75, 3.05) is 0 Å². The standard InChI is InChI=1S/C58H38O2S2/c1-35-19-27-45-47-29-25-39(33-55(47)57(53(45)31-35)49-15-7-3-11-41(49)42-12-4-8-16-50(42)57)61(59)37-21-23-38(24-22-37)62(60)40-26-30-48-46-28-20-36(2)32-54(46)58(56(48)34-40)51-17-9-5-13-43(51)44-14-6-10-18-52(44)58/h3-34H,1-2H3. The Morgan fingerprint density at radius 1 is 0.274 bits per heavy atom. The fourth-order valence-electron chi connectivity index (χ4n) is 11.7. The Morgan fingerprint density at radius 2 is 0.532 bits per heavy atom. The molecule has 0 fully saturated rings. The highest BCUT2D eigenvalue weighted by molar-refractivity contribution is 7.85. The van der Waals surface area contributed by atoms with Crippen LogP contribution < -0.4 is 0 Å². The van der Waals surface area contributed by atoms with Crippen LogP contribution in [0.3, 0.4) is 0 Å². The van der Waals surface area contributed by atoms with Gasteiger partial charge in [0.2, 0.25) is 0 Å². The molecule has 2 nitrogen and oxygen atoms in total. The summed E-state index contributed by atoms with van der Waals surface area (Å²) in [5.74, 6) is 0. The molecule has 0 heterocycles. The van der Waals surface area contributed by atoms with Crippen molar-refractivity contribution in [3.8, 4) is 44.5 Å². The van der Waals surface area contributed by atoms with Crippen molar-refractivity contribution < 1.29 is 8.42 Å². The summed E-state index contributed by atoms with van der Waals surface area (Å²) in [6.45, 7) is 4.32. The summed E-state index contributed by atoms with van der Waals surface area (Å²) in [5, 5.41) is 0. The topological polar surface area (TPSA) is 34.1 Å². The predicted octanol–water partition coefficient (Wildman–Crippen LogP) is 13.3. The van der Waals surface area contributed by atoms with Crippen molar-refractivity contribution in [3.05, 3.63) is 250 Å². The van der Waals surface area contributed by atoms with E-state index in [9.17, 15) is 8.42 Å². The Balaban J connectivity index is 0.886. The zero-order valence-electron chi connectivity index (χ0n) is 34.1. The molecule has 294 valence electrons. The summed E-state index contributed by atoms with van der Waals surface area (Å²) in [7, 11) is -2.96. The maximum absolute atomic E-state index is 14.7. The third-order valence-corrected chi connectivity index (χ3v) is 16.9. The largest absolute Gasteiger partial charge is 0.249 e. The molecular formula is C58H38O2S2. The van der Waals surface area contributed by atoms with E-state index in [-0.39, 0.29) is 0 Å². The molecule has 0 saturated heterocycles. The summed E-state index contributed by atoms with van der Waals surface area (Å²) in [4.78, 5) is 2.85. The van der Waals surface area contributed by atoms with Gasteiger partial charge in [0.05, 0.1) is 32.4 Å². The van der Waals surface area contributed by atoms with Crippen LogP contribution in [-0.4, -0.2) is 8.42 Å². The predicted molar refractivity (Wildman–Crippen MR) is 251 cm³/mol. The first-order chi connectivity index (χ1) is 30.4. The number of benzene rings is 9. The molecular weight excluding hydrogens is 793 g/mol. The van der Waals surface area contributed by atoms with Gasteiger partial charge in [-0.1, -0.05) is 157 Å². The van der Waals surface area contributed by atoms with E-state index in [0.717, 1.165) is 9.79 Å². The molecule has 0 bridgehead atoms.